The zero-order valence-electron chi connectivity index (χ0n) is 5.87. The van der Waals surface area contributed by atoms with Gasteiger partial charge in [0.15, 0.2) is 0 Å². The molecule has 0 saturated heterocycles. The Kier molecular flexibility index (Phi) is 5.18. The molecule has 0 aliphatic carbocycles. The van der Waals surface area contributed by atoms with E-state index in [1.165, 1.54) is 0 Å². The third-order valence-corrected chi connectivity index (χ3v) is 1.59. The van der Waals surface area contributed by atoms with Crippen molar-refractivity contribution in [1.82, 2.24) is 0 Å². The minimum absolute atomic E-state index is 0.722. The fraction of sp³-hybridized carbons (Fsp3) is 1.00. The summed E-state index contributed by atoms with van der Waals surface area (Å²) in [5.41, 5.74) is 0. The number of rotatable bonds is 6. The van der Waals surface area contributed by atoms with E-state index in [4.69, 9.17) is 0 Å². The average molecular weight is 208 g/mol. The van der Waals surface area contributed by atoms with Crippen LogP contribution in [0.25, 0.3) is 0 Å². The van der Waals surface area contributed by atoms with Gasteiger partial charge in [0.25, 0.3) is 0 Å². The third kappa shape index (κ3) is 6.38. The lowest BCUT2D eigenvalue weighted by Gasteiger charge is -2.01. The van der Waals surface area contributed by atoms with E-state index in [0.717, 1.165) is 0 Å². The number of alkyl halides is 3. The van der Waals surface area contributed by atoms with Crippen molar-refractivity contribution in [2.45, 2.75) is 12.8 Å². The second-order valence-electron chi connectivity index (χ2n) is 1.64. The zero-order chi connectivity index (χ0) is 9.61. The summed E-state index contributed by atoms with van der Waals surface area (Å²) >= 11 is 0. The molecule has 0 saturated carbocycles. The first-order valence-corrected chi connectivity index (χ1v) is 4.19. The van der Waals surface area contributed by atoms with E-state index in [-0.39, 0.29) is 0 Å². The summed E-state index contributed by atoms with van der Waals surface area (Å²) in [6, 6.07) is 0. The van der Waals surface area contributed by atoms with Crippen LogP contribution in [0.2, 0.25) is 0 Å². The summed E-state index contributed by atoms with van der Waals surface area (Å²) in [4.78, 5) is 0. The molecule has 12 heavy (non-hydrogen) atoms. The SMILES string of the molecule is O=S(=O)(OCF)OCCC(F)F. The molecule has 0 heterocycles. The first kappa shape index (κ1) is 11.7. The molecule has 0 amide bonds. The van der Waals surface area contributed by atoms with Gasteiger partial charge >= 0.3 is 10.4 Å². The molecule has 0 fully saturated rings. The maximum Gasteiger partial charge on any atom is 0.402 e. The fourth-order valence-electron chi connectivity index (χ4n) is 0.328. The molecule has 0 aromatic carbocycles. The minimum atomic E-state index is -4.44. The standard InChI is InChI=1S/C4H7F3O4S/c5-3-11-12(8,9)10-2-1-4(6)7/h4H,1-3H2. The van der Waals surface area contributed by atoms with E-state index in [2.05, 4.69) is 8.37 Å². The molecule has 0 aliphatic rings. The molecule has 0 rings (SSSR count). The van der Waals surface area contributed by atoms with Crippen LogP contribution in [0, 0.1) is 0 Å². The summed E-state index contributed by atoms with van der Waals surface area (Å²) in [5, 5.41) is 0. The van der Waals surface area contributed by atoms with E-state index in [0.29, 0.717) is 0 Å². The van der Waals surface area contributed by atoms with Crippen molar-refractivity contribution in [1.29, 1.82) is 0 Å². The van der Waals surface area contributed by atoms with E-state index >= 15 is 0 Å². The largest absolute Gasteiger partial charge is 0.402 e. The minimum Gasteiger partial charge on any atom is -0.248 e. The van der Waals surface area contributed by atoms with Gasteiger partial charge in [0, 0.05) is 6.42 Å². The maximum absolute atomic E-state index is 11.4. The molecule has 0 aromatic heterocycles. The predicted octanol–water partition coefficient (Wildman–Crippen LogP) is 0.847. The van der Waals surface area contributed by atoms with Gasteiger partial charge < -0.3 is 0 Å². The Morgan fingerprint density at radius 2 is 1.83 bits per heavy atom. The van der Waals surface area contributed by atoms with Crippen molar-refractivity contribution in [3.63, 3.8) is 0 Å². The van der Waals surface area contributed by atoms with Gasteiger partial charge in [0.1, 0.15) is 0 Å². The number of hydrogen-bond donors (Lipinski definition) is 0. The summed E-state index contributed by atoms with van der Waals surface area (Å²) in [5.74, 6) is 0. The molecule has 0 spiro atoms. The predicted molar refractivity (Wildman–Crippen MR) is 32.6 cm³/mol. The highest BCUT2D eigenvalue weighted by Crippen LogP contribution is 2.02. The quantitative estimate of drug-likeness (QED) is 0.649. The Morgan fingerprint density at radius 3 is 2.25 bits per heavy atom. The summed E-state index contributed by atoms with van der Waals surface area (Å²) < 4.78 is 61.9. The third-order valence-electron chi connectivity index (χ3n) is 0.753. The van der Waals surface area contributed by atoms with Crippen LogP contribution >= 0.6 is 0 Å². The van der Waals surface area contributed by atoms with Crippen molar-refractivity contribution in [2.75, 3.05) is 13.5 Å². The summed E-state index contributed by atoms with van der Waals surface area (Å²) in [6.07, 6.45) is -3.40. The Bertz CT molecular complexity index is 202. The molecule has 0 N–H and O–H groups in total. The van der Waals surface area contributed by atoms with Gasteiger partial charge in [-0.25, -0.2) is 21.5 Å². The van der Waals surface area contributed by atoms with Crippen molar-refractivity contribution in [3.8, 4) is 0 Å². The first-order valence-electron chi connectivity index (χ1n) is 2.86. The highest BCUT2D eigenvalue weighted by molar-refractivity contribution is 7.81. The van der Waals surface area contributed by atoms with Crippen molar-refractivity contribution < 1.29 is 30.0 Å². The van der Waals surface area contributed by atoms with Crippen molar-refractivity contribution in [2.24, 2.45) is 0 Å². The van der Waals surface area contributed by atoms with Crippen LogP contribution in [-0.2, 0) is 18.8 Å². The van der Waals surface area contributed by atoms with E-state index in [1.54, 1.807) is 0 Å². The molecule has 4 nitrogen and oxygen atoms in total. The van der Waals surface area contributed by atoms with Gasteiger partial charge in [-0.2, -0.15) is 8.42 Å². The molecule has 0 radical (unpaired) electrons. The van der Waals surface area contributed by atoms with Crippen molar-refractivity contribution in [3.05, 3.63) is 0 Å². The molecule has 74 valence electrons. The van der Waals surface area contributed by atoms with Crippen LogP contribution in [0.5, 0.6) is 0 Å². The molecular formula is C4H7F3O4S. The Morgan fingerprint density at radius 1 is 1.25 bits per heavy atom. The van der Waals surface area contributed by atoms with Crippen LogP contribution < -0.4 is 0 Å². The summed E-state index contributed by atoms with van der Waals surface area (Å²) in [7, 11) is -4.44. The Hall–Kier alpha value is -0.340. The van der Waals surface area contributed by atoms with Gasteiger partial charge in [0.05, 0.1) is 6.61 Å². The monoisotopic (exact) mass is 208 g/mol. The van der Waals surface area contributed by atoms with E-state index in [1.807, 2.05) is 0 Å². The molecule has 0 atom stereocenters. The van der Waals surface area contributed by atoms with Gasteiger partial charge in [0.2, 0.25) is 13.3 Å². The lowest BCUT2D eigenvalue weighted by molar-refractivity contribution is 0.102. The first-order chi connectivity index (χ1) is 5.48. The normalized spacial score (nSPS) is 12.3. The second-order valence-corrected chi connectivity index (χ2v) is 2.92. The molecule has 0 aliphatic heterocycles. The van der Waals surface area contributed by atoms with Gasteiger partial charge in [-0.3, -0.25) is 0 Å². The van der Waals surface area contributed by atoms with E-state index in [9.17, 15) is 21.6 Å². The lowest BCUT2D eigenvalue weighted by Crippen LogP contribution is -2.11. The Labute approximate surface area is 67.6 Å². The molecular weight excluding hydrogens is 201 g/mol. The molecule has 0 bridgehead atoms. The topological polar surface area (TPSA) is 52.6 Å². The second kappa shape index (κ2) is 5.33. The van der Waals surface area contributed by atoms with Crippen LogP contribution in [-0.4, -0.2) is 28.3 Å². The maximum atomic E-state index is 11.4. The smallest absolute Gasteiger partial charge is 0.248 e. The highest BCUT2D eigenvalue weighted by Gasteiger charge is 2.12. The average Bonchev–Trinajstić information content (AvgIpc) is 1.85. The molecule has 0 unspecified atom stereocenters. The molecule has 8 heteroatoms. The van der Waals surface area contributed by atoms with Crippen LogP contribution in [0.4, 0.5) is 13.2 Å². The molecule has 0 aromatic rings. The van der Waals surface area contributed by atoms with Crippen LogP contribution in [0.15, 0.2) is 0 Å². The van der Waals surface area contributed by atoms with Gasteiger partial charge in [-0.1, -0.05) is 0 Å². The number of halogens is 3. The van der Waals surface area contributed by atoms with Gasteiger partial charge in [-0.15, -0.1) is 0 Å². The Balaban J connectivity index is 3.62. The zero-order valence-corrected chi connectivity index (χ0v) is 6.69. The van der Waals surface area contributed by atoms with Crippen LogP contribution in [0.1, 0.15) is 6.42 Å². The highest BCUT2D eigenvalue weighted by atomic mass is 32.3. The van der Waals surface area contributed by atoms with Crippen LogP contribution in [0.3, 0.4) is 0 Å². The van der Waals surface area contributed by atoms with Gasteiger partial charge in [-0.05, 0) is 0 Å². The summed E-state index contributed by atoms with van der Waals surface area (Å²) in [6.45, 7) is -2.29. The lowest BCUT2D eigenvalue weighted by atomic mass is 10.5. The fourth-order valence-corrected chi connectivity index (χ4v) is 0.805. The number of hydrogen-bond acceptors (Lipinski definition) is 4. The van der Waals surface area contributed by atoms with E-state index < -0.39 is 36.7 Å². The van der Waals surface area contributed by atoms with Crippen molar-refractivity contribution >= 4 is 10.4 Å².